The van der Waals surface area contributed by atoms with Gasteiger partial charge >= 0.3 is 0 Å². The van der Waals surface area contributed by atoms with Crippen molar-refractivity contribution in [3.63, 3.8) is 0 Å². The van der Waals surface area contributed by atoms with Crippen LogP contribution < -0.4 is 0 Å². The zero-order chi connectivity index (χ0) is 13.0. The lowest BCUT2D eigenvalue weighted by Gasteiger charge is -2.50. The predicted molar refractivity (Wildman–Crippen MR) is 145 cm³/mol. The molecule has 0 radical (unpaired) electrons. The standard InChI is InChI=1S/C8H10I8/c9-1-6(14,2-10)8(16,5-13)7(15,3-11)4-12/h1-5H2. The van der Waals surface area contributed by atoms with Gasteiger partial charge < -0.3 is 0 Å². The Hall–Kier alpha value is 5.84. The fourth-order valence-electron chi connectivity index (χ4n) is 1.14. The van der Waals surface area contributed by atoms with Crippen LogP contribution in [-0.2, 0) is 0 Å². The summed E-state index contributed by atoms with van der Waals surface area (Å²) in [6, 6.07) is 0. The van der Waals surface area contributed by atoms with E-state index in [0.717, 1.165) is 0 Å². The third-order valence-electron chi connectivity index (χ3n) is 2.45. The number of rotatable bonds is 7. The molecular formula is C8H10I8. The average Bonchev–Trinajstić information content (AvgIpc) is 2.35. The Kier molecular flexibility index (Phi) is 13.5. The van der Waals surface area contributed by atoms with E-state index in [0.29, 0.717) is 10.3 Å². The first-order valence-corrected chi connectivity index (χ1v) is 15.0. The molecule has 0 spiro atoms. The van der Waals surface area contributed by atoms with Crippen LogP contribution in [0.2, 0.25) is 0 Å². The molecular weight excluding hydrogens is 1110 g/mol. The van der Waals surface area contributed by atoms with Crippen molar-refractivity contribution in [2.24, 2.45) is 0 Å². The van der Waals surface area contributed by atoms with Gasteiger partial charge in [0.1, 0.15) is 0 Å². The van der Waals surface area contributed by atoms with Crippen molar-refractivity contribution >= 4 is 181 Å². The lowest BCUT2D eigenvalue weighted by atomic mass is 9.87. The minimum atomic E-state index is 0.351. The van der Waals surface area contributed by atoms with Gasteiger partial charge in [0.15, 0.2) is 0 Å². The molecule has 0 aliphatic carbocycles. The van der Waals surface area contributed by atoms with Crippen molar-refractivity contribution in [1.29, 1.82) is 0 Å². The van der Waals surface area contributed by atoms with Crippen molar-refractivity contribution in [2.75, 3.05) is 22.1 Å². The van der Waals surface area contributed by atoms with Crippen LogP contribution in [0.3, 0.4) is 0 Å². The van der Waals surface area contributed by atoms with Crippen molar-refractivity contribution in [3.8, 4) is 0 Å². The lowest BCUT2D eigenvalue weighted by Crippen LogP contribution is -2.62. The second-order valence-corrected chi connectivity index (χ2v) is 13.2. The van der Waals surface area contributed by atoms with Crippen LogP contribution in [0.4, 0.5) is 0 Å². The topological polar surface area (TPSA) is 0 Å². The second-order valence-electron chi connectivity index (χ2n) is 3.40. The average molecular weight is 1120 g/mol. The second kappa shape index (κ2) is 9.86. The third kappa shape index (κ3) is 4.67. The van der Waals surface area contributed by atoms with Crippen molar-refractivity contribution in [3.05, 3.63) is 0 Å². The Labute approximate surface area is 207 Å². The molecule has 0 saturated carbocycles. The molecule has 0 amide bonds. The number of halogens is 8. The summed E-state index contributed by atoms with van der Waals surface area (Å²) in [5.41, 5.74) is 0. The van der Waals surface area contributed by atoms with Gasteiger partial charge in [-0.2, -0.15) is 0 Å². The van der Waals surface area contributed by atoms with E-state index in [2.05, 4.69) is 181 Å². The van der Waals surface area contributed by atoms with Crippen LogP contribution >= 0.6 is 181 Å². The van der Waals surface area contributed by atoms with E-state index in [9.17, 15) is 0 Å². The highest BCUT2D eigenvalue weighted by atomic mass is 127. The molecule has 0 bridgehead atoms. The van der Waals surface area contributed by atoms with Gasteiger partial charge in [-0.15, -0.1) is 0 Å². The van der Waals surface area contributed by atoms with Gasteiger partial charge in [0.05, 0.1) is 10.3 Å². The molecule has 0 aliphatic heterocycles. The Bertz CT molecular complexity index is 192. The predicted octanol–water partition coefficient (Wildman–Crippen LogP) is 6.68. The summed E-state index contributed by atoms with van der Waals surface area (Å²) in [5.74, 6) is 0. The van der Waals surface area contributed by atoms with Crippen molar-refractivity contribution < 1.29 is 0 Å². The minimum absolute atomic E-state index is 0.351. The van der Waals surface area contributed by atoms with Gasteiger partial charge in [0.2, 0.25) is 0 Å². The molecule has 0 aromatic carbocycles. The normalized spacial score (nSPS) is 14.2. The molecule has 0 nitrogen and oxygen atoms in total. The minimum Gasteiger partial charge on any atom is -0.0848 e. The van der Waals surface area contributed by atoms with Crippen molar-refractivity contribution in [2.45, 2.75) is 10.3 Å². The maximum absolute atomic E-state index is 2.75. The van der Waals surface area contributed by atoms with Gasteiger partial charge in [-0.3, -0.25) is 0 Å². The zero-order valence-corrected chi connectivity index (χ0v) is 25.3. The van der Waals surface area contributed by atoms with Gasteiger partial charge in [-0.05, 0) is 0 Å². The molecule has 0 heterocycles. The third-order valence-corrected chi connectivity index (χ3v) is 24.0. The molecule has 0 fully saturated rings. The first-order valence-electron chi connectivity index (χ1n) is 4.17. The van der Waals surface area contributed by atoms with E-state index in [1.165, 1.54) is 22.1 Å². The quantitative estimate of drug-likeness (QED) is 0.198. The summed E-state index contributed by atoms with van der Waals surface area (Å²) >= 11 is 21.0. The Balaban J connectivity index is 5.49. The number of hydrogen-bond donors (Lipinski definition) is 0. The molecule has 0 aliphatic rings. The summed E-state index contributed by atoms with van der Waals surface area (Å²) in [5, 5.41) is 0. The Morgan fingerprint density at radius 2 is 0.750 bits per heavy atom. The molecule has 0 unspecified atom stereocenters. The largest absolute Gasteiger partial charge is 0.0848 e. The molecule has 0 atom stereocenters. The highest BCUT2D eigenvalue weighted by Gasteiger charge is 2.57. The van der Waals surface area contributed by atoms with Crippen LogP contribution in [0.5, 0.6) is 0 Å². The van der Waals surface area contributed by atoms with E-state index in [1.807, 2.05) is 0 Å². The summed E-state index contributed by atoms with van der Waals surface area (Å²) in [6.07, 6.45) is 0. The highest BCUT2D eigenvalue weighted by Crippen LogP contribution is 2.55. The first kappa shape index (κ1) is 21.8. The molecule has 0 aromatic heterocycles. The first-order chi connectivity index (χ1) is 7.30. The molecule has 0 aromatic rings. The summed E-state index contributed by atoms with van der Waals surface area (Å²) in [4.78, 5) is 0. The van der Waals surface area contributed by atoms with Crippen LogP contribution in [0, 0.1) is 0 Å². The molecule has 16 heavy (non-hydrogen) atoms. The van der Waals surface area contributed by atoms with E-state index in [-0.39, 0.29) is 0 Å². The van der Waals surface area contributed by atoms with Gasteiger partial charge in [-0.25, -0.2) is 0 Å². The van der Waals surface area contributed by atoms with Gasteiger partial charge in [-0.1, -0.05) is 181 Å². The van der Waals surface area contributed by atoms with Crippen LogP contribution in [0.1, 0.15) is 0 Å². The fourth-order valence-corrected chi connectivity index (χ4v) is 15.4. The highest BCUT2D eigenvalue weighted by molar-refractivity contribution is 14.1. The van der Waals surface area contributed by atoms with Gasteiger partial charge in [0.25, 0.3) is 0 Å². The summed E-state index contributed by atoms with van der Waals surface area (Å²) < 4.78 is 7.21. The molecule has 98 valence electrons. The zero-order valence-electron chi connectivity index (χ0n) is 8.06. The maximum Gasteiger partial charge on any atom is 0.0631 e. The van der Waals surface area contributed by atoms with Gasteiger partial charge in [0, 0.05) is 22.1 Å². The molecule has 8 heteroatoms. The van der Waals surface area contributed by atoms with Crippen LogP contribution in [0.25, 0.3) is 0 Å². The molecule has 0 saturated heterocycles. The van der Waals surface area contributed by atoms with E-state index >= 15 is 0 Å². The molecule has 0 rings (SSSR count). The Morgan fingerprint density at radius 1 is 0.500 bits per heavy atom. The summed E-state index contributed by atoms with van der Waals surface area (Å²) in [7, 11) is 0. The van der Waals surface area contributed by atoms with E-state index in [1.54, 1.807) is 0 Å². The Morgan fingerprint density at radius 3 is 0.875 bits per heavy atom. The fraction of sp³-hybridized carbons (Fsp3) is 1.00. The molecule has 0 N–H and O–H groups in total. The number of hydrogen-bond acceptors (Lipinski definition) is 0. The number of alkyl halides is 8. The van der Waals surface area contributed by atoms with E-state index in [4.69, 9.17) is 0 Å². The van der Waals surface area contributed by atoms with E-state index < -0.39 is 0 Å². The monoisotopic (exact) mass is 1120 g/mol. The van der Waals surface area contributed by atoms with Crippen molar-refractivity contribution in [1.82, 2.24) is 0 Å². The SMILES string of the molecule is ICC(I)(CI)C(I)(CI)C(I)(CI)CI. The van der Waals surface area contributed by atoms with Crippen LogP contribution in [0.15, 0.2) is 0 Å². The lowest BCUT2D eigenvalue weighted by molar-refractivity contribution is 0.528. The summed E-state index contributed by atoms with van der Waals surface area (Å²) in [6.45, 7) is 0. The van der Waals surface area contributed by atoms with Crippen LogP contribution in [-0.4, -0.2) is 32.4 Å². The maximum atomic E-state index is 2.75. The smallest absolute Gasteiger partial charge is 0.0631 e.